The number of carboxylic acids is 2. The van der Waals surface area contributed by atoms with Gasteiger partial charge in [0.05, 0.1) is 12.6 Å². The van der Waals surface area contributed by atoms with Gasteiger partial charge in [-0.1, -0.05) is 20.3 Å². The van der Waals surface area contributed by atoms with Gasteiger partial charge >= 0.3 is 11.9 Å². The van der Waals surface area contributed by atoms with Crippen molar-refractivity contribution in [3.05, 3.63) is 0 Å². The zero-order chi connectivity index (χ0) is 23.3. The SMILES string of the molecule is CCC(C)C(N)C(=O)NC(CCSC)C(=O)NCC(=O)NC(CCC(=O)O)C(=O)O. The summed E-state index contributed by atoms with van der Waals surface area (Å²) in [6.45, 7) is 3.21. The number of hydrogen-bond donors (Lipinski definition) is 6. The van der Waals surface area contributed by atoms with E-state index in [1.807, 2.05) is 20.1 Å². The Labute approximate surface area is 179 Å². The number of thioether (sulfide) groups is 1. The molecule has 0 fully saturated rings. The van der Waals surface area contributed by atoms with Gasteiger partial charge in [-0.25, -0.2) is 4.79 Å². The van der Waals surface area contributed by atoms with Crippen molar-refractivity contribution in [3.63, 3.8) is 0 Å². The third-order valence-electron chi connectivity index (χ3n) is 4.51. The van der Waals surface area contributed by atoms with Crippen LogP contribution in [0.25, 0.3) is 0 Å². The van der Waals surface area contributed by atoms with E-state index in [2.05, 4.69) is 16.0 Å². The highest BCUT2D eigenvalue weighted by Crippen LogP contribution is 2.07. The molecule has 0 saturated heterocycles. The minimum absolute atomic E-state index is 0.0706. The van der Waals surface area contributed by atoms with Gasteiger partial charge in [0.25, 0.3) is 0 Å². The van der Waals surface area contributed by atoms with Gasteiger partial charge in [0.1, 0.15) is 12.1 Å². The average molecular weight is 449 g/mol. The molecule has 0 rings (SSSR count). The zero-order valence-corrected chi connectivity index (χ0v) is 18.3. The Morgan fingerprint density at radius 3 is 2.13 bits per heavy atom. The van der Waals surface area contributed by atoms with Crippen molar-refractivity contribution in [2.24, 2.45) is 11.7 Å². The summed E-state index contributed by atoms with van der Waals surface area (Å²) in [5, 5.41) is 24.8. The normalized spacial score (nSPS) is 14.7. The monoisotopic (exact) mass is 448 g/mol. The zero-order valence-electron chi connectivity index (χ0n) is 17.5. The Bertz CT molecular complexity index is 617. The van der Waals surface area contributed by atoms with Crippen LogP contribution in [-0.2, 0) is 24.0 Å². The molecule has 30 heavy (non-hydrogen) atoms. The molecule has 11 nitrogen and oxygen atoms in total. The Balaban J connectivity index is 4.82. The topological polar surface area (TPSA) is 188 Å². The van der Waals surface area contributed by atoms with E-state index in [0.717, 1.165) is 0 Å². The number of nitrogens with one attached hydrogen (secondary N) is 3. The molecule has 4 unspecified atom stereocenters. The second-order valence-corrected chi connectivity index (χ2v) is 7.85. The molecule has 0 radical (unpaired) electrons. The standard InChI is InChI=1S/C18H32N4O7S/c1-4-10(2)15(19)17(27)22-11(7-8-30-3)16(26)20-9-13(23)21-12(18(28)29)5-6-14(24)25/h10-12,15H,4-9,19H2,1-3H3,(H,20,26)(H,21,23)(H,22,27)(H,24,25)(H,28,29). The first kappa shape index (κ1) is 27.7. The molecule has 3 amide bonds. The van der Waals surface area contributed by atoms with Gasteiger partial charge in [0.15, 0.2) is 0 Å². The van der Waals surface area contributed by atoms with Crippen LogP contribution in [0.4, 0.5) is 0 Å². The van der Waals surface area contributed by atoms with Crippen LogP contribution in [0.1, 0.15) is 39.5 Å². The summed E-state index contributed by atoms with van der Waals surface area (Å²) in [5.41, 5.74) is 5.89. The lowest BCUT2D eigenvalue weighted by atomic mass is 9.99. The smallest absolute Gasteiger partial charge is 0.326 e. The van der Waals surface area contributed by atoms with Crippen molar-refractivity contribution in [2.45, 2.75) is 57.7 Å². The molecule has 172 valence electrons. The van der Waals surface area contributed by atoms with E-state index < -0.39 is 60.8 Å². The van der Waals surface area contributed by atoms with Crippen LogP contribution in [-0.4, -0.2) is 76.6 Å². The van der Waals surface area contributed by atoms with Crippen molar-refractivity contribution >= 4 is 41.4 Å². The number of carbonyl (C=O) groups excluding carboxylic acids is 3. The van der Waals surface area contributed by atoms with Crippen LogP contribution in [0.3, 0.4) is 0 Å². The van der Waals surface area contributed by atoms with Crippen LogP contribution >= 0.6 is 11.8 Å². The van der Waals surface area contributed by atoms with E-state index in [0.29, 0.717) is 18.6 Å². The van der Waals surface area contributed by atoms with Crippen LogP contribution in [0.2, 0.25) is 0 Å². The summed E-state index contributed by atoms with van der Waals surface area (Å²) in [6.07, 6.45) is 2.15. The maximum absolute atomic E-state index is 12.4. The fourth-order valence-corrected chi connectivity index (χ4v) is 2.82. The third kappa shape index (κ3) is 11.0. The summed E-state index contributed by atoms with van der Waals surface area (Å²) < 4.78 is 0. The predicted molar refractivity (Wildman–Crippen MR) is 112 cm³/mol. The van der Waals surface area contributed by atoms with Gasteiger partial charge in [0, 0.05) is 6.42 Å². The highest BCUT2D eigenvalue weighted by molar-refractivity contribution is 7.98. The van der Waals surface area contributed by atoms with E-state index in [1.54, 1.807) is 0 Å². The molecule has 7 N–H and O–H groups in total. The summed E-state index contributed by atoms with van der Waals surface area (Å²) >= 11 is 1.48. The number of amides is 3. The van der Waals surface area contributed by atoms with E-state index in [4.69, 9.17) is 15.9 Å². The van der Waals surface area contributed by atoms with E-state index in [9.17, 15) is 24.0 Å². The summed E-state index contributed by atoms with van der Waals surface area (Å²) in [4.78, 5) is 58.4. The van der Waals surface area contributed by atoms with E-state index in [-0.39, 0.29) is 12.3 Å². The summed E-state index contributed by atoms with van der Waals surface area (Å²) in [6, 6.07) is -3.05. The number of aliphatic carboxylic acids is 2. The second kappa shape index (κ2) is 14.6. The molecule has 0 aromatic heterocycles. The number of rotatable bonds is 15. The van der Waals surface area contributed by atoms with Crippen molar-refractivity contribution in [1.29, 1.82) is 0 Å². The van der Waals surface area contributed by atoms with Gasteiger partial charge in [-0.3, -0.25) is 19.2 Å². The number of carbonyl (C=O) groups is 5. The fraction of sp³-hybridized carbons (Fsp3) is 0.722. The van der Waals surface area contributed by atoms with Crippen molar-refractivity contribution < 1.29 is 34.2 Å². The maximum atomic E-state index is 12.4. The Hall–Kier alpha value is -2.34. The Kier molecular flexibility index (Phi) is 13.5. The Morgan fingerprint density at radius 2 is 1.63 bits per heavy atom. The van der Waals surface area contributed by atoms with Crippen LogP contribution < -0.4 is 21.7 Å². The molecule has 0 aliphatic heterocycles. The molecule has 0 bridgehead atoms. The average Bonchev–Trinajstić information content (AvgIpc) is 2.70. The van der Waals surface area contributed by atoms with Crippen molar-refractivity contribution in [1.82, 2.24) is 16.0 Å². The molecular formula is C18H32N4O7S. The number of carboxylic acid groups (broad SMARTS) is 2. The molecule has 12 heteroatoms. The molecule has 0 aromatic rings. The van der Waals surface area contributed by atoms with Crippen LogP contribution in [0, 0.1) is 5.92 Å². The first-order valence-electron chi connectivity index (χ1n) is 9.59. The van der Waals surface area contributed by atoms with Crippen molar-refractivity contribution in [2.75, 3.05) is 18.6 Å². The summed E-state index contributed by atoms with van der Waals surface area (Å²) in [7, 11) is 0. The quantitative estimate of drug-likeness (QED) is 0.185. The summed E-state index contributed by atoms with van der Waals surface area (Å²) in [5.74, 6) is -3.90. The van der Waals surface area contributed by atoms with E-state index in [1.165, 1.54) is 11.8 Å². The molecule has 0 aliphatic rings. The number of hydrogen-bond acceptors (Lipinski definition) is 7. The van der Waals surface area contributed by atoms with Gasteiger partial charge in [-0.15, -0.1) is 0 Å². The van der Waals surface area contributed by atoms with Gasteiger partial charge < -0.3 is 31.9 Å². The largest absolute Gasteiger partial charge is 0.481 e. The first-order valence-corrected chi connectivity index (χ1v) is 11.0. The number of nitrogens with two attached hydrogens (primary N) is 1. The lowest BCUT2D eigenvalue weighted by molar-refractivity contribution is -0.143. The van der Waals surface area contributed by atoms with Crippen LogP contribution in [0.15, 0.2) is 0 Å². The van der Waals surface area contributed by atoms with Crippen molar-refractivity contribution in [3.8, 4) is 0 Å². The first-order chi connectivity index (χ1) is 14.0. The lowest BCUT2D eigenvalue weighted by Crippen LogP contribution is -2.54. The minimum atomic E-state index is -1.38. The molecular weight excluding hydrogens is 416 g/mol. The molecule has 0 heterocycles. The minimum Gasteiger partial charge on any atom is -0.481 e. The van der Waals surface area contributed by atoms with Gasteiger partial charge in [0.2, 0.25) is 17.7 Å². The molecule has 4 atom stereocenters. The second-order valence-electron chi connectivity index (χ2n) is 6.86. The van der Waals surface area contributed by atoms with E-state index >= 15 is 0 Å². The van der Waals surface area contributed by atoms with Crippen LogP contribution in [0.5, 0.6) is 0 Å². The molecule has 0 aromatic carbocycles. The molecule has 0 spiro atoms. The third-order valence-corrected chi connectivity index (χ3v) is 5.15. The fourth-order valence-electron chi connectivity index (χ4n) is 2.35. The van der Waals surface area contributed by atoms with Gasteiger partial charge in [-0.2, -0.15) is 11.8 Å². The molecule has 0 aliphatic carbocycles. The maximum Gasteiger partial charge on any atom is 0.326 e. The lowest BCUT2D eigenvalue weighted by Gasteiger charge is -2.23. The molecule has 0 saturated carbocycles. The Morgan fingerprint density at radius 1 is 1.00 bits per heavy atom. The highest BCUT2D eigenvalue weighted by atomic mass is 32.2. The van der Waals surface area contributed by atoms with Gasteiger partial charge in [-0.05, 0) is 30.8 Å². The predicted octanol–water partition coefficient (Wildman–Crippen LogP) is -0.852. The highest BCUT2D eigenvalue weighted by Gasteiger charge is 2.26.